The van der Waals surface area contributed by atoms with Gasteiger partial charge in [0.1, 0.15) is 0 Å². The van der Waals surface area contributed by atoms with E-state index in [9.17, 15) is 4.79 Å². The first-order valence-corrected chi connectivity index (χ1v) is 4.69. The molecule has 0 spiro atoms. The van der Waals surface area contributed by atoms with Crippen LogP contribution in [0.15, 0.2) is 42.7 Å². The molecule has 2 rings (SSSR count). The minimum absolute atomic E-state index is 0.340. The second-order valence-electron chi connectivity index (χ2n) is 3.14. The van der Waals surface area contributed by atoms with Gasteiger partial charge in [-0.05, 0) is 0 Å². The van der Waals surface area contributed by atoms with Crippen LogP contribution in [-0.4, -0.2) is 16.0 Å². The van der Waals surface area contributed by atoms with Gasteiger partial charge in [-0.15, -0.1) is 0 Å². The molecule has 16 heavy (non-hydrogen) atoms. The van der Waals surface area contributed by atoms with Crippen molar-refractivity contribution < 1.29 is 4.79 Å². The van der Waals surface area contributed by atoms with E-state index in [4.69, 9.17) is 5.73 Å². The summed E-state index contributed by atoms with van der Waals surface area (Å²) in [5.41, 5.74) is 6.67. The fourth-order valence-corrected chi connectivity index (χ4v) is 1.28. The summed E-state index contributed by atoms with van der Waals surface area (Å²) in [6.45, 7) is 0. The molecule has 0 atom stereocenters. The zero-order valence-electron chi connectivity index (χ0n) is 8.42. The SMILES string of the molecule is NC(=O)Nc1cnc(-c2ccccc2)cn1. The van der Waals surface area contributed by atoms with Gasteiger partial charge in [0.25, 0.3) is 0 Å². The molecule has 2 aromatic rings. The number of carbonyl (C=O) groups is 1. The average molecular weight is 214 g/mol. The molecule has 0 aliphatic rings. The van der Waals surface area contributed by atoms with Crippen molar-refractivity contribution in [3.8, 4) is 11.3 Å². The number of urea groups is 1. The number of primary amides is 1. The van der Waals surface area contributed by atoms with Crippen LogP contribution in [-0.2, 0) is 0 Å². The van der Waals surface area contributed by atoms with E-state index in [1.807, 2.05) is 30.3 Å². The van der Waals surface area contributed by atoms with Crippen LogP contribution in [0.25, 0.3) is 11.3 Å². The first-order chi connectivity index (χ1) is 7.75. The van der Waals surface area contributed by atoms with E-state index in [1.54, 1.807) is 6.20 Å². The summed E-state index contributed by atoms with van der Waals surface area (Å²) in [6.07, 6.45) is 3.05. The third-order valence-electron chi connectivity index (χ3n) is 1.97. The van der Waals surface area contributed by atoms with Crippen molar-refractivity contribution in [2.75, 3.05) is 5.32 Å². The molecule has 0 fully saturated rings. The number of anilines is 1. The zero-order chi connectivity index (χ0) is 11.4. The van der Waals surface area contributed by atoms with Crippen molar-refractivity contribution in [2.24, 2.45) is 5.73 Å². The standard InChI is InChI=1S/C11H10N4O/c12-11(16)15-10-7-13-9(6-14-10)8-4-2-1-3-5-8/h1-7H,(H3,12,14,15,16). The molecule has 0 saturated carbocycles. The molecular weight excluding hydrogens is 204 g/mol. The molecule has 1 heterocycles. The molecule has 0 unspecified atom stereocenters. The second-order valence-corrected chi connectivity index (χ2v) is 3.14. The molecule has 5 nitrogen and oxygen atoms in total. The van der Waals surface area contributed by atoms with Crippen LogP contribution in [0, 0.1) is 0 Å². The van der Waals surface area contributed by atoms with Crippen LogP contribution >= 0.6 is 0 Å². The van der Waals surface area contributed by atoms with Crippen LogP contribution in [0.5, 0.6) is 0 Å². The molecule has 0 aliphatic carbocycles. The largest absolute Gasteiger partial charge is 0.351 e. The fraction of sp³-hybridized carbons (Fsp3) is 0. The Kier molecular flexibility index (Phi) is 2.77. The summed E-state index contributed by atoms with van der Waals surface area (Å²) in [7, 11) is 0. The van der Waals surface area contributed by atoms with E-state index in [0.717, 1.165) is 11.3 Å². The van der Waals surface area contributed by atoms with Crippen LogP contribution in [0.1, 0.15) is 0 Å². The van der Waals surface area contributed by atoms with Crippen LogP contribution in [0.3, 0.4) is 0 Å². The lowest BCUT2D eigenvalue weighted by molar-refractivity contribution is 0.259. The Bertz CT molecular complexity index is 481. The van der Waals surface area contributed by atoms with Gasteiger partial charge in [-0.25, -0.2) is 9.78 Å². The van der Waals surface area contributed by atoms with E-state index in [1.165, 1.54) is 6.20 Å². The van der Waals surface area contributed by atoms with E-state index in [2.05, 4.69) is 15.3 Å². The molecule has 0 saturated heterocycles. The lowest BCUT2D eigenvalue weighted by atomic mass is 10.2. The Morgan fingerprint density at radius 2 is 1.88 bits per heavy atom. The van der Waals surface area contributed by atoms with Crippen molar-refractivity contribution in [1.82, 2.24) is 9.97 Å². The van der Waals surface area contributed by atoms with Gasteiger partial charge < -0.3 is 5.73 Å². The highest BCUT2D eigenvalue weighted by Crippen LogP contribution is 2.15. The molecule has 1 aromatic carbocycles. The average Bonchev–Trinajstić information content (AvgIpc) is 2.30. The summed E-state index contributed by atoms with van der Waals surface area (Å²) >= 11 is 0. The normalized spacial score (nSPS) is 9.75. The third kappa shape index (κ3) is 2.33. The highest BCUT2D eigenvalue weighted by molar-refractivity contribution is 5.86. The maximum Gasteiger partial charge on any atom is 0.317 e. The predicted molar refractivity (Wildman–Crippen MR) is 60.7 cm³/mol. The number of hydrogen-bond donors (Lipinski definition) is 2. The van der Waals surface area contributed by atoms with Gasteiger partial charge in [0.15, 0.2) is 5.82 Å². The molecule has 0 radical (unpaired) electrons. The highest BCUT2D eigenvalue weighted by Gasteiger charge is 2.01. The van der Waals surface area contributed by atoms with E-state index >= 15 is 0 Å². The lowest BCUT2D eigenvalue weighted by Crippen LogP contribution is -2.20. The van der Waals surface area contributed by atoms with Gasteiger partial charge in [-0.2, -0.15) is 0 Å². The number of nitrogens with zero attached hydrogens (tertiary/aromatic N) is 2. The summed E-state index contributed by atoms with van der Waals surface area (Å²) < 4.78 is 0. The Morgan fingerprint density at radius 3 is 2.44 bits per heavy atom. The lowest BCUT2D eigenvalue weighted by Gasteiger charge is -2.02. The number of hydrogen-bond acceptors (Lipinski definition) is 3. The zero-order valence-corrected chi connectivity index (χ0v) is 8.42. The Balaban J connectivity index is 2.23. The second kappa shape index (κ2) is 4.39. The van der Waals surface area contributed by atoms with Crippen LogP contribution < -0.4 is 11.1 Å². The quantitative estimate of drug-likeness (QED) is 0.797. The number of nitrogens with two attached hydrogens (primary N) is 1. The van der Waals surface area contributed by atoms with E-state index in [0.29, 0.717) is 5.82 Å². The topological polar surface area (TPSA) is 80.9 Å². The van der Waals surface area contributed by atoms with E-state index in [-0.39, 0.29) is 0 Å². The molecule has 0 bridgehead atoms. The molecular formula is C11H10N4O. The molecule has 3 N–H and O–H groups in total. The monoisotopic (exact) mass is 214 g/mol. The van der Waals surface area contributed by atoms with Crippen molar-refractivity contribution in [2.45, 2.75) is 0 Å². The Labute approximate surface area is 92.3 Å². The maximum absolute atomic E-state index is 10.6. The van der Waals surface area contributed by atoms with Crippen molar-refractivity contribution in [1.29, 1.82) is 0 Å². The predicted octanol–water partition coefficient (Wildman–Crippen LogP) is 1.63. The first kappa shape index (κ1) is 10.1. The molecule has 2 amide bonds. The van der Waals surface area contributed by atoms with Gasteiger partial charge in [0.2, 0.25) is 0 Å². The van der Waals surface area contributed by atoms with Gasteiger partial charge in [-0.1, -0.05) is 30.3 Å². The van der Waals surface area contributed by atoms with Crippen LogP contribution in [0.4, 0.5) is 10.6 Å². The fourth-order valence-electron chi connectivity index (χ4n) is 1.28. The van der Waals surface area contributed by atoms with Gasteiger partial charge in [0, 0.05) is 5.56 Å². The number of carbonyl (C=O) groups excluding carboxylic acids is 1. The highest BCUT2D eigenvalue weighted by atomic mass is 16.2. The molecule has 0 aliphatic heterocycles. The van der Waals surface area contributed by atoms with Gasteiger partial charge in [0.05, 0.1) is 18.1 Å². The minimum atomic E-state index is -0.651. The molecule has 80 valence electrons. The first-order valence-electron chi connectivity index (χ1n) is 4.69. The smallest absolute Gasteiger partial charge is 0.317 e. The number of amides is 2. The van der Waals surface area contributed by atoms with Gasteiger partial charge in [-0.3, -0.25) is 10.3 Å². The third-order valence-corrected chi connectivity index (χ3v) is 1.97. The van der Waals surface area contributed by atoms with Gasteiger partial charge >= 0.3 is 6.03 Å². The number of benzene rings is 1. The Morgan fingerprint density at radius 1 is 1.12 bits per heavy atom. The summed E-state index contributed by atoms with van der Waals surface area (Å²) in [5.74, 6) is 0.340. The summed E-state index contributed by atoms with van der Waals surface area (Å²) in [5, 5.41) is 2.35. The minimum Gasteiger partial charge on any atom is -0.351 e. The maximum atomic E-state index is 10.6. The molecule has 5 heteroatoms. The molecule has 1 aromatic heterocycles. The number of nitrogens with one attached hydrogen (secondary N) is 1. The summed E-state index contributed by atoms with van der Waals surface area (Å²) in [6, 6.07) is 9.00. The summed E-state index contributed by atoms with van der Waals surface area (Å²) in [4.78, 5) is 18.8. The van der Waals surface area contributed by atoms with Crippen molar-refractivity contribution >= 4 is 11.8 Å². The van der Waals surface area contributed by atoms with E-state index < -0.39 is 6.03 Å². The van der Waals surface area contributed by atoms with Crippen molar-refractivity contribution in [3.63, 3.8) is 0 Å². The number of rotatable bonds is 2. The Hall–Kier alpha value is -2.43. The van der Waals surface area contributed by atoms with Crippen LogP contribution in [0.2, 0.25) is 0 Å². The number of aromatic nitrogens is 2. The van der Waals surface area contributed by atoms with Crippen molar-refractivity contribution in [3.05, 3.63) is 42.7 Å².